The van der Waals surface area contributed by atoms with Crippen LogP contribution in [0.25, 0.3) is 0 Å². The van der Waals surface area contributed by atoms with Crippen molar-refractivity contribution in [1.29, 1.82) is 0 Å². The quantitative estimate of drug-likeness (QED) is 0.593. The van der Waals surface area contributed by atoms with Crippen LogP contribution in [0.3, 0.4) is 0 Å². The van der Waals surface area contributed by atoms with E-state index in [2.05, 4.69) is 22.5 Å². The molecule has 1 unspecified atom stereocenters. The number of hydrogen-bond acceptors (Lipinski definition) is 3. The number of likely N-dealkylation sites (tertiary alicyclic amines) is 1. The van der Waals surface area contributed by atoms with Crippen LogP contribution in [0, 0.1) is 5.92 Å². The van der Waals surface area contributed by atoms with Gasteiger partial charge in [0, 0.05) is 19.2 Å². The van der Waals surface area contributed by atoms with Crippen molar-refractivity contribution in [2.75, 3.05) is 32.8 Å². The van der Waals surface area contributed by atoms with Crippen molar-refractivity contribution in [3.8, 4) is 0 Å². The van der Waals surface area contributed by atoms with Gasteiger partial charge in [-0.1, -0.05) is 6.92 Å². The van der Waals surface area contributed by atoms with Crippen LogP contribution in [-0.4, -0.2) is 54.9 Å². The standard InChI is InChI=1S/C15H31N3O2/c1-13-6-10-18(11-7-13)9-4-8-16-15(20)17-14(2)5-3-12-19/h13-14,19H,3-12H2,1-2H3,(H2,16,17,20). The number of aliphatic hydroxyl groups excluding tert-OH is 1. The third-order valence-electron chi connectivity index (χ3n) is 3.99. The zero-order valence-corrected chi connectivity index (χ0v) is 13.0. The van der Waals surface area contributed by atoms with Crippen molar-refractivity contribution in [2.24, 2.45) is 5.92 Å². The summed E-state index contributed by atoms with van der Waals surface area (Å²) >= 11 is 0. The summed E-state index contributed by atoms with van der Waals surface area (Å²) in [5.74, 6) is 0.871. The zero-order chi connectivity index (χ0) is 14.8. The maximum absolute atomic E-state index is 11.6. The summed E-state index contributed by atoms with van der Waals surface area (Å²) in [6.07, 6.45) is 5.16. The van der Waals surface area contributed by atoms with E-state index in [-0.39, 0.29) is 18.7 Å². The van der Waals surface area contributed by atoms with E-state index in [4.69, 9.17) is 5.11 Å². The lowest BCUT2D eigenvalue weighted by atomic mass is 9.99. The molecule has 1 heterocycles. The van der Waals surface area contributed by atoms with Gasteiger partial charge in [0.2, 0.25) is 0 Å². The number of hydrogen-bond donors (Lipinski definition) is 3. The van der Waals surface area contributed by atoms with E-state index in [1.165, 1.54) is 25.9 Å². The van der Waals surface area contributed by atoms with Gasteiger partial charge in [-0.3, -0.25) is 0 Å². The van der Waals surface area contributed by atoms with Crippen molar-refractivity contribution in [3.05, 3.63) is 0 Å². The van der Waals surface area contributed by atoms with Gasteiger partial charge in [0.25, 0.3) is 0 Å². The van der Waals surface area contributed by atoms with Crippen molar-refractivity contribution in [1.82, 2.24) is 15.5 Å². The lowest BCUT2D eigenvalue weighted by Gasteiger charge is -2.30. The minimum Gasteiger partial charge on any atom is -0.396 e. The summed E-state index contributed by atoms with van der Waals surface area (Å²) in [5.41, 5.74) is 0. The molecule has 0 radical (unpaired) electrons. The molecule has 1 aliphatic heterocycles. The Morgan fingerprint density at radius 1 is 1.35 bits per heavy atom. The van der Waals surface area contributed by atoms with Crippen LogP contribution < -0.4 is 10.6 Å². The average Bonchev–Trinajstić information content (AvgIpc) is 2.43. The fourth-order valence-electron chi connectivity index (χ4n) is 2.53. The maximum atomic E-state index is 11.6. The van der Waals surface area contributed by atoms with Crippen molar-refractivity contribution >= 4 is 6.03 Å². The number of piperidine rings is 1. The van der Waals surface area contributed by atoms with E-state index in [0.29, 0.717) is 0 Å². The monoisotopic (exact) mass is 285 g/mol. The van der Waals surface area contributed by atoms with Crippen LogP contribution >= 0.6 is 0 Å². The number of amides is 2. The summed E-state index contributed by atoms with van der Waals surface area (Å²) < 4.78 is 0. The molecule has 0 spiro atoms. The Morgan fingerprint density at radius 3 is 2.70 bits per heavy atom. The molecule has 1 saturated heterocycles. The molecular formula is C15H31N3O2. The van der Waals surface area contributed by atoms with Crippen molar-refractivity contribution < 1.29 is 9.90 Å². The Bertz CT molecular complexity index is 266. The maximum Gasteiger partial charge on any atom is 0.314 e. The molecule has 0 aromatic carbocycles. The number of carbonyl (C=O) groups is 1. The van der Waals surface area contributed by atoms with Crippen LogP contribution in [0.2, 0.25) is 0 Å². The minimum absolute atomic E-state index is 0.0947. The first kappa shape index (κ1) is 17.2. The van der Waals surface area contributed by atoms with E-state index in [1.54, 1.807) is 0 Å². The summed E-state index contributed by atoms with van der Waals surface area (Å²) in [4.78, 5) is 14.1. The molecule has 0 aromatic heterocycles. The van der Waals surface area contributed by atoms with Gasteiger partial charge in [0.15, 0.2) is 0 Å². The molecule has 1 fully saturated rings. The molecule has 5 nitrogen and oxygen atoms in total. The average molecular weight is 285 g/mol. The Morgan fingerprint density at radius 2 is 2.05 bits per heavy atom. The summed E-state index contributed by atoms with van der Waals surface area (Å²) in [6, 6.07) is 0.0217. The Hall–Kier alpha value is -0.810. The fourth-order valence-corrected chi connectivity index (χ4v) is 2.53. The van der Waals surface area contributed by atoms with Crippen LogP contribution in [-0.2, 0) is 0 Å². The van der Waals surface area contributed by atoms with Gasteiger partial charge in [-0.2, -0.15) is 0 Å². The Labute approximate surface area is 123 Å². The van der Waals surface area contributed by atoms with Crippen LogP contribution in [0.1, 0.15) is 46.0 Å². The molecule has 1 aliphatic rings. The largest absolute Gasteiger partial charge is 0.396 e. The summed E-state index contributed by atoms with van der Waals surface area (Å²) in [7, 11) is 0. The Balaban J connectivity index is 1.99. The molecule has 5 heteroatoms. The summed E-state index contributed by atoms with van der Waals surface area (Å²) in [5, 5.41) is 14.5. The van der Waals surface area contributed by atoms with E-state index < -0.39 is 0 Å². The smallest absolute Gasteiger partial charge is 0.314 e. The normalized spacial score (nSPS) is 18.8. The second kappa shape index (κ2) is 10.00. The highest BCUT2D eigenvalue weighted by Crippen LogP contribution is 2.15. The SMILES string of the molecule is CC1CCN(CCCNC(=O)NC(C)CCCO)CC1. The van der Waals surface area contributed by atoms with Crippen molar-refractivity contribution in [3.63, 3.8) is 0 Å². The Kier molecular flexibility index (Phi) is 8.62. The lowest BCUT2D eigenvalue weighted by molar-refractivity contribution is 0.190. The van der Waals surface area contributed by atoms with Crippen LogP contribution in [0.15, 0.2) is 0 Å². The first-order valence-electron chi connectivity index (χ1n) is 7.99. The predicted octanol–water partition coefficient (Wildman–Crippen LogP) is 1.57. The van der Waals surface area contributed by atoms with Gasteiger partial charge in [0.05, 0.1) is 0 Å². The highest BCUT2D eigenvalue weighted by Gasteiger charge is 2.14. The molecule has 0 bridgehead atoms. The number of rotatable bonds is 8. The minimum atomic E-state index is -0.0947. The molecule has 2 amide bonds. The molecule has 1 rings (SSSR count). The fraction of sp³-hybridized carbons (Fsp3) is 0.933. The van der Waals surface area contributed by atoms with Gasteiger partial charge in [-0.15, -0.1) is 0 Å². The second-order valence-corrected chi connectivity index (χ2v) is 6.04. The highest BCUT2D eigenvalue weighted by molar-refractivity contribution is 5.74. The van der Waals surface area contributed by atoms with Gasteiger partial charge in [-0.05, 0) is 64.6 Å². The van der Waals surface area contributed by atoms with Gasteiger partial charge in [0.1, 0.15) is 0 Å². The van der Waals surface area contributed by atoms with Gasteiger partial charge < -0.3 is 20.6 Å². The molecule has 1 atom stereocenters. The molecule has 0 aliphatic carbocycles. The van der Waals surface area contributed by atoms with Gasteiger partial charge >= 0.3 is 6.03 Å². The predicted molar refractivity (Wildman–Crippen MR) is 81.8 cm³/mol. The van der Waals surface area contributed by atoms with Gasteiger partial charge in [-0.25, -0.2) is 4.79 Å². The number of aliphatic hydroxyl groups is 1. The third kappa shape index (κ3) is 7.70. The molecular weight excluding hydrogens is 254 g/mol. The third-order valence-corrected chi connectivity index (χ3v) is 3.99. The lowest BCUT2D eigenvalue weighted by Crippen LogP contribution is -2.42. The first-order valence-corrected chi connectivity index (χ1v) is 7.99. The van der Waals surface area contributed by atoms with Crippen LogP contribution in [0.4, 0.5) is 4.79 Å². The highest BCUT2D eigenvalue weighted by atomic mass is 16.3. The molecule has 0 saturated carbocycles. The molecule has 3 N–H and O–H groups in total. The number of nitrogens with one attached hydrogen (secondary N) is 2. The van der Waals surface area contributed by atoms with E-state index in [0.717, 1.165) is 38.3 Å². The van der Waals surface area contributed by atoms with E-state index in [9.17, 15) is 4.79 Å². The number of urea groups is 1. The molecule has 118 valence electrons. The second-order valence-electron chi connectivity index (χ2n) is 6.04. The van der Waals surface area contributed by atoms with E-state index >= 15 is 0 Å². The van der Waals surface area contributed by atoms with Crippen LogP contribution in [0.5, 0.6) is 0 Å². The molecule has 20 heavy (non-hydrogen) atoms. The first-order chi connectivity index (χ1) is 9.61. The van der Waals surface area contributed by atoms with Crippen molar-refractivity contribution in [2.45, 2.75) is 52.0 Å². The zero-order valence-electron chi connectivity index (χ0n) is 13.0. The number of carbonyl (C=O) groups excluding carboxylic acids is 1. The van der Waals surface area contributed by atoms with E-state index in [1.807, 2.05) is 6.92 Å². The topological polar surface area (TPSA) is 64.6 Å². The molecule has 0 aromatic rings. The summed E-state index contributed by atoms with van der Waals surface area (Å²) in [6.45, 7) is 8.67. The number of nitrogens with zero attached hydrogens (tertiary/aromatic N) is 1.